The molecular formula is C16H16BrF2N. The van der Waals surface area contributed by atoms with Crippen LogP contribution < -0.4 is 5.32 Å². The fourth-order valence-corrected chi connectivity index (χ4v) is 2.71. The van der Waals surface area contributed by atoms with Crippen LogP contribution in [-0.4, -0.2) is 7.05 Å². The van der Waals surface area contributed by atoms with E-state index >= 15 is 0 Å². The van der Waals surface area contributed by atoms with Crippen molar-refractivity contribution in [3.63, 3.8) is 0 Å². The molecule has 1 nitrogen and oxygen atoms in total. The molecule has 0 aliphatic carbocycles. The number of halogens is 3. The summed E-state index contributed by atoms with van der Waals surface area (Å²) in [4.78, 5) is 0. The maximum atomic E-state index is 14.0. The molecule has 20 heavy (non-hydrogen) atoms. The van der Waals surface area contributed by atoms with Gasteiger partial charge in [-0.25, -0.2) is 8.78 Å². The van der Waals surface area contributed by atoms with E-state index in [9.17, 15) is 8.78 Å². The second kappa shape index (κ2) is 6.46. The molecule has 0 aromatic heterocycles. The second-order valence-electron chi connectivity index (χ2n) is 4.82. The van der Waals surface area contributed by atoms with Gasteiger partial charge < -0.3 is 5.32 Å². The summed E-state index contributed by atoms with van der Waals surface area (Å²) in [6.07, 6.45) is 0.535. The molecule has 2 aromatic carbocycles. The van der Waals surface area contributed by atoms with E-state index < -0.39 is 17.7 Å². The van der Waals surface area contributed by atoms with Gasteiger partial charge in [0, 0.05) is 16.1 Å². The van der Waals surface area contributed by atoms with Crippen LogP contribution in [0.4, 0.5) is 8.78 Å². The van der Waals surface area contributed by atoms with Crippen molar-refractivity contribution >= 4 is 15.9 Å². The zero-order valence-electron chi connectivity index (χ0n) is 11.4. The van der Waals surface area contributed by atoms with Gasteiger partial charge in [-0.05, 0) is 38.1 Å². The lowest BCUT2D eigenvalue weighted by molar-refractivity contribution is 0.488. The first-order valence-corrected chi connectivity index (χ1v) is 7.18. The highest BCUT2D eigenvalue weighted by atomic mass is 79.9. The first-order valence-electron chi connectivity index (χ1n) is 6.38. The van der Waals surface area contributed by atoms with Crippen molar-refractivity contribution in [2.75, 3.05) is 7.05 Å². The Labute approximate surface area is 126 Å². The summed E-state index contributed by atoms with van der Waals surface area (Å²) in [6.45, 7) is 2.00. The van der Waals surface area contributed by atoms with Crippen LogP contribution in [-0.2, 0) is 6.42 Å². The SMILES string of the molecule is CNC(Cc1cccc(C)c1)c1c(F)cc(Br)cc1F. The molecule has 0 heterocycles. The Morgan fingerprint density at radius 1 is 1.15 bits per heavy atom. The molecule has 0 radical (unpaired) electrons. The maximum Gasteiger partial charge on any atom is 0.132 e. The van der Waals surface area contributed by atoms with E-state index in [1.54, 1.807) is 7.05 Å². The van der Waals surface area contributed by atoms with Crippen molar-refractivity contribution in [1.29, 1.82) is 0 Å². The Balaban J connectivity index is 2.34. The van der Waals surface area contributed by atoms with E-state index in [4.69, 9.17) is 0 Å². The molecule has 0 saturated heterocycles. The van der Waals surface area contributed by atoms with Crippen molar-refractivity contribution in [2.24, 2.45) is 0 Å². The minimum atomic E-state index is -0.538. The molecule has 1 unspecified atom stereocenters. The van der Waals surface area contributed by atoms with Crippen LogP contribution in [0.2, 0.25) is 0 Å². The molecule has 106 valence electrons. The van der Waals surface area contributed by atoms with E-state index in [-0.39, 0.29) is 5.56 Å². The Morgan fingerprint density at radius 2 is 1.80 bits per heavy atom. The molecule has 0 aliphatic rings. The summed E-state index contributed by atoms with van der Waals surface area (Å²) >= 11 is 3.09. The zero-order chi connectivity index (χ0) is 14.7. The first-order chi connectivity index (χ1) is 9.51. The third-order valence-corrected chi connectivity index (χ3v) is 3.72. The molecule has 4 heteroatoms. The minimum absolute atomic E-state index is 0.0807. The van der Waals surface area contributed by atoms with Gasteiger partial charge in [-0.3, -0.25) is 0 Å². The molecule has 1 N–H and O–H groups in total. The first kappa shape index (κ1) is 15.1. The summed E-state index contributed by atoms with van der Waals surface area (Å²) in [5, 5.41) is 2.99. The van der Waals surface area contributed by atoms with E-state index in [1.165, 1.54) is 12.1 Å². The highest BCUT2D eigenvalue weighted by Crippen LogP contribution is 2.27. The van der Waals surface area contributed by atoms with Gasteiger partial charge in [0.15, 0.2) is 0 Å². The van der Waals surface area contributed by atoms with Crippen LogP contribution in [0.3, 0.4) is 0 Å². The number of hydrogen-bond acceptors (Lipinski definition) is 1. The van der Waals surface area contributed by atoms with Crippen molar-refractivity contribution in [1.82, 2.24) is 5.32 Å². The monoisotopic (exact) mass is 339 g/mol. The molecule has 0 saturated carbocycles. The molecule has 0 fully saturated rings. The number of benzene rings is 2. The highest BCUT2D eigenvalue weighted by Gasteiger charge is 2.20. The lowest BCUT2D eigenvalue weighted by Gasteiger charge is -2.19. The fourth-order valence-electron chi connectivity index (χ4n) is 2.31. The normalized spacial score (nSPS) is 12.4. The summed E-state index contributed by atoms with van der Waals surface area (Å²) in [5.41, 5.74) is 2.26. The second-order valence-corrected chi connectivity index (χ2v) is 5.73. The topological polar surface area (TPSA) is 12.0 Å². The molecular weight excluding hydrogens is 324 g/mol. The molecule has 0 bridgehead atoms. The summed E-state index contributed by atoms with van der Waals surface area (Å²) in [7, 11) is 1.71. The zero-order valence-corrected chi connectivity index (χ0v) is 13.0. The van der Waals surface area contributed by atoms with Crippen LogP contribution in [0, 0.1) is 18.6 Å². The predicted molar refractivity (Wildman–Crippen MR) is 80.7 cm³/mol. The van der Waals surface area contributed by atoms with Crippen molar-refractivity contribution in [2.45, 2.75) is 19.4 Å². The molecule has 2 rings (SSSR count). The highest BCUT2D eigenvalue weighted by molar-refractivity contribution is 9.10. The lowest BCUT2D eigenvalue weighted by atomic mass is 9.97. The average molecular weight is 340 g/mol. The molecule has 0 amide bonds. The molecule has 2 aromatic rings. The Bertz CT molecular complexity index is 590. The van der Waals surface area contributed by atoms with E-state index in [0.29, 0.717) is 10.9 Å². The Morgan fingerprint density at radius 3 is 2.35 bits per heavy atom. The van der Waals surface area contributed by atoms with Crippen molar-refractivity contribution in [3.8, 4) is 0 Å². The van der Waals surface area contributed by atoms with Gasteiger partial charge in [0.05, 0.1) is 0 Å². The van der Waals surface area contributed by atoms with E-state index in [1.807, 2.05) is 31.2 Å². The van der Waals surface area contributed by atoms with Crippen LogP contribution in [0.5, 0.6) is 0 Å². The summed E-state index contributed by atoms with van der Waals surface area (Å²) in [6, 6.07) is 10.1. The van der Waals surface area contributed by atoms with Gasteiger partial charge in [-0.15, -0.1) is 0 Å². The molecule has 1 atom stereocenters. The number of likely N-dealkylation sites (N-methyl/N-ethyl adjacent to an activating group) is 1. The lowest BCUT2D eigenvalue weighted by Crippen LogP contribution is -2.21. The summed E-state index contributed by atoms with van der Waals surface area (Å²) in [5.74, 6) is -1.08. The average Bonchev–Trinajstić information content (AvgIpc) is 2.36. The summed E-state index contributed by atoms with van der Waals surface area (Å²) < 4.78 is 28.4. The Kier molecular flexibility index (Phi) is 4.89. The van der Waals surface area contributed by atoms with Gasteiger partial charge in [-0.2, -0.15) is 0 Å². The van der Waals surface area contributed by atoms with Crippen molar-refractivity contribution in [3.05, 3.63) is 69.2 Å². The van der Waals surface area contributed by atoms with Gasteiger partial charge in [-0.1, -0.05) is 45.8 Å². The fraction of sp³-hybridized carbons (Fsp3) is 0.250. The van der Waals surface area contributed by atoms with Gasteiger partial charge in [0.25, 0.3) is 0 Å². The smallest absolute Gasteiger partial charge is 0.132 e. The van der Waals surface area contributed by atoms with Gasteiger partial charge in [0.2, 0.25) is 0 Å². The van der Waals surface area contributed by atoms with Crippen molar-refractivity contribution < 1.29 is 8.78 Å². The molecule has 0 aliphatic heterocycles. The minimum Gasteiger partial charge on any atom is -0.313 e. The standard InChI is InChI=1S/C16H16BrF2N/c1-10-4-3-5-11(6-10)7-15(20-2)16-13(18)8-12(17)9-14(16)19/h3-6,8-9,15,20H,7H2,1-2H3. The predicted octanol–water partition coefficient (Wildman–Crippen LogP) is 4.54. The van der Waals surface area contributed by atoms with Gasteiger partial charge in [0.1, 0.15) is 11.6 Å². The third kappa shape index (κ3) is 3.44. The molecule has 0 spiro atoms. The third-order valence-electron chi connectivity index (χ3n) is 3.26. The maximum absolute atomic E-state index is 14.0. The largest absolute Gasteiger partial charge is 0.313 e. The van der Waals surface area contributed by atoms with Crippen LogP contribution in [0.15, 0.2) is 40.9 Å². The van der Waals surface area contributed by atoms with Crippen LogP contribution in [0.25, 0.3) is 0 Å². The number of aryl methyl sites for hydroxylation is 1. The van der Waals surface area contributed by atoms with E-state index in [2.05, 4.69) is 21.2 Å². The van der Waals surface area contributed by atoms with E-state index in [0.717, 1.165) is 11.1 Å². The quantitative estimate of drug-likeness (QED) is 0.862. The van der Waals surface area contributed by atoms with Gasteiger partial charge >= 0.3 is 0 Å². The number of nitrogens with one attached hydrogen (secondary N) is 1. The number of hydrogen-bond donors (Lipinski definition) is 1. The van der Waals surface area contributed by atoms with Crippen LogP contribution in [0.1, 0.15) is 22.7 Å². The van der Waals surface area contributed by atoms with Crippen LogP contribution >= 0.6 is 15.9 Å². The Hall–Kier alpha value is -1.26. The number of rotatable bonds is 4.